The van der Waals surface area contributed by atoms with E-state index in [1.54, 1.807) is 30.3 Å². The SMILES string of the molecule is O=C(O)CN(c1ccc2c(c1)CCN2c1ccc(N2CCNC2=O)nn1)S(=O)(=O)C1C=C(Cl)C=C(Cl)C1. The molecule has 1 saturated heterocycles. The summed E-state index contributed by atoms with van der Waals surface area (Å²) in [6, 6.07) is 8.27. The number of sulfonamides is 1. The molecule has 3 aliphatic rings. The Morgan fingerprint density at radius 3 is 2.49 bits per heavy atom. The van der Waals surface area contributed by atoms with Gasteiger partial charge in [0.05, 0.1) is 5.69 Å². The molecule has 37 heavy (non-hydrogen) atoms. The van der Waals surface area contributed by atoms with Gasteiger partial charge in [0.15, 0.2) is 11.6 Å². The van der Waals surface area contributed by atoms with Gasteiger partial charge in [-0.2, -0.15) is 0 Å². The molecule has 3 heterocycles. The molecule has 11 nitrogen and oxygen atoms in total. The van der Waals surface area contributed by atoms with Gasteiger partial charge in [-0.05, 0) is 54.5 Å². The zero-order valence-corrected chi connectivity index (χ0v) is 21.7. The van der Waals surface area contributed by atoms with E-state index in [1.807, 2.05) is 4.90 Å². The van der Waals surface area contributed by atoms with Crippen LogP contribution in [-0.4, -0.2) is 67.2 Å². The molecular formula is C23H22Cl2N6O5S. The van der Waals surface area contributed by atoms with Crippen molar-refractivity contribution in [2.24, 2.45) is 0 Å². The number of carbonyl (C=O) groups excluding carboxylic acids is 1. The second-order valence-electron chi connectivity index (χ2n) is 8.68. The second-order valence-corrected chi connectivity index (χ2v) is 11.7. The van der Waals surface area contributed by atoms with E-state index in [9.17, 15) is 23.1 Å². The number of anilines is 4. The zero-order valence-electron chi connectivity index (χ0n) is 19.3. The Kier molecular flexibility index (Phi) is 6.73. The van der Waals surface area contributed by atoms with Crippen LogP contribution in [0.25, 0.3) is 0 Å². The molecule has 1 aromatic heterocycles. The highest BCUT2D eigenvalue weighted by atomic mass is 35.5. The standard InChI is InChI=1S/C23H22Cl2N6O5S/c24-15-10-16(25)12-18(11-15)37(35,36)31(13-22(32)33)17-1-2-19-14(9-17)5-7-29(19)20-3-4-21(28-27-20)30-8-6-26-23(30)34/h1-4,9-11,18H,5-8,12-13H2,(H,26,34)(H,32,33). The summed E-state index contributed by atoms with van der Waals surface area (Å²) in [6.07, 6.45) is 3.42. The summed E-state index contributed by atoms with van der Waals surface area (Å²) in [5, 5.41) is 20.0. The van der Waals surface area contributed by atoms with Gasteiger partial charge in [-0.15, -0.1) is 10.2 Å². The van der Waals surface area contributed by atoms with Crippen LogP contribution >= 0.6 is 23.2 Å². The minimum atomic E-state index is -4.15. The van der Waals surface area contributed by atoms with E-state index in [2.05, 4.69) is 15.5 Å². The van der Waals surface area contributed by atoms with Crippen LogP contribution in [0.2, 0.25) is 0 Å². The Morgan fingerprint density at radius 2 is 1.86 bits per heavy atom. The number of hydrogen-bond donors (Lipinski definition) is 2. The predicted molar refractivity (Wildman–Crippen MR) is 140 cm³/mol. The van der Waals surface area contributed by atoms with Crippen molar-refractivity contribution in [1.82, 2.24) is 15.5 Å². The van der Waals surface area contributed by atoms with E-state index in [0.29, 0.717) is 37.7 Å². The van der Waals surface area contributed by atoms with Crippen LogP contribution in [0.1, 0.15) is 12.0 Å². The predicted octanol–water partition coefficient (Wildman–Crippen LogP) is 2.94. The maximum atomic E-state index is 13.5. The van der Waals surface area contributed by atoms with E-state index in [-0.39, 0.29) is 28.2 Å². The summed E-state index contributed by atoms with van der Waals surface area (Å²) in [5.41, 5.74) is 1.88. The minimum absolute atomic E-state index is 0.00268. The number of amides is 2. The molecule has 1 aliphatic carbocycles. The lowest BCUT2D eigenvalue weighted by atomic mass is 10.1. The molecule has 1 fully saturated rings. The molecule has 1 atom stereocenters. The van der Waals surface area contributed by atoms with E-state index in [1.165, 1.54) is 17.1 Å². The highest BCUT2D eigenvalue weighted by Gasteiger charge is 2.35. The number of nitrogens with one attached hydrogen (secondary N) is 1. The molecule has 5 rings (SSSR count). The number of fused-ring (bicyclic) bond motifs is 1. The molecule has 194 valence electrons. The molecule has 1 aromatic carbocycles. The van der Waals surface area contributed by atoms with Gasteiger partial charge in [-0.25, -0.2) is 13.2 Å². The number of aromatic nitrogens is 2. The third-order valence-corrected chi connectivity index (χ3v) is 8.82. The number of aliphatic carboxylic acids is 1. The van der Waals surface area contributed by atoms with Gasteiger partial charge in [-0.1, -0.05) is 23.2 Å². The van der Waals surface area contributed by atoms with Gasteiger partial charge < -0.3 is 15.3 Å². The summed E-state index contributed by atoms with van der Waals surface area (Å²) in [6.45, 7) is 0.894. The van der Waals surface area contributed by atoms with Gasteiger partial charge in [0.1, 0.15) is 11.8 Å². The Labute approximate surface area is 223 Å². The normalized spacial score (nSPS) is 19.3. The number of allylic oxidation sites excluding steroid dienone is 3. The van der Waals surface area contributed by atoms with Crippen molar-refractivity contribution in [3.05, 3.63) is 58.1 Å². The smallest absolute Gasteiger partial charge is 0.324 e. The fourth-order valence-electron chi connectivity index (χ4n) is 4.57. The quantitative estimate of drug-likeness (QED) is 0.523. The van der Waals surface area contributed by atoms with Crippen molar-refractivity contribution in [2.75, 3.05) is 40.3 Å². The summed E-state index contributed by atoms with van der Waals surface area (Å²) < 4.78 is 27.8. The van der Waals surface area contributed by atoms with Gasteiger partial charge in [0.25, 0.3) is 0 Å². The molecule has 1 unspecified atom stereocenters. The first-order chi connectivity index (χ1) is 17.6. The van der Waals surface area contributed by atoms with Crippen LogP contribution in [0.15, 0.2) is 52.5 Å². The number of carboxylic acids is 1. The number of rotatable bonds is 7. The van der Waals surface area contributed by atoms with Crippen molar-refractivity contribution in [3.8, 4) is 0 Å². The molecule has 2 aromatic rings. The summed E-state index contributed by atoms with van der Waals surface area (Å²) >= 11 is 12.1. The second kappa shape index (κ2) is 9.84. The molecule has 0 saturated carbocycles. The van der Waals surface area contributed by atoms with Gasteiger partial charge in [0.2, 0.25) is 10.0 Å². The lowest BCUT2D eigenvalue weighted by Gasteiger charge is -2.28. The number of carboxylic acid groups (broad SMARTS) is 1. The van der Waals surface area contributed by atoms with Crippen LogP contribution in [0, 0.1) is 0 Å². The molecule has 2 aliphatic heterocycles. The Hall–Kier alpha value is -3.35. The van der Waals surface area contributed by atoms with E-state index < -0.39 is 27.8 Å². The molecule has 0 spiro atoms. The van der Waals surface area contributed by atoms with Crippen LogP contribution in [-0.2, 0) is 21.2 Å². The fourth-order valence-corrected chi connectivity index (χ4v) is 7.09. The van der Waals surface area contributed by atoms with Gasteiger partial charge in [-0.3, -0.25) is 14.0 Å². The maximum Gasteiger partial charge on any atom is 0.324 e. The Morgan fingerprint density at radius 1 is 1.14 bits per heavy atom. The molecule has 2 N–H and O–H groups in total. The number of nitrogens with zero attached hydrogens (tertiary/aromatic N) is 5. The first-order valence-corrected chi connectivity index (χ1v) is 13.7. The van der Waals surface area contributed by atoms with Gasteiger partial charge >= 0.3 is 12.0 Å². The Bertz CT molecular complexity index is 1430. The zero-order chi connectivity index (χ0) is 26.3. The number of carbonyl (C=O) groups is 2. The third-order valence-electron chi connectivity index (χ3n) is 6.30. The monoisotopic (exact) mass is 564 g/mol. The molecule has 0 bridgehead atoms. The van der Waals surface area contributed by atoms with Crippen LogP contribution in [0.3, 0.4) is 0 Å². The molecular weight excluding hydrogens is 543 g/mol. The number of urea groups is 1. The highest BCUT2D eigenvalue weighted by molar-refractivity contribution is 7.93. The third kappa shape index (κ3) is 4.96. The van der Waals surface area contributed by atoms with Crippen molar-refractivity contribution >= 4 is 68.2 Å². The molecule has 2 amide bonds. The van der Waals surface area contributed by atoms with E-state index in [4.69, 9.17) is 23.2 Å². The largest absolute Gasteiger partial charge is 0.480 e. The van der Waals surface area contributed by atoms with Crippen molar-refractivity contribution < 1.29 is 23.1 Å². The van der Waals surface area contributed by atoms with Crippen LogP contribution in [0.5, 0.6) is 0 Å². The van der Waals surface area contributed by atoms with Crippen molar-refractivity contribution in [1.29, 1.82) is 0 Å². The van der Waals surface area contributed by atoms with Crippen LogP contribution in [0.4, 0.5) is 27.8 Å². The topological polar surface area (TPSA) is 136 Å². The molecule has 14 heteroatoms. The summed E-state index contributed by atoms with van der Waals surface area (Å²) in [4.78, 5) is 26.9. The number of benzene rings is 1. The van der Waals surface area contributed by atoms with Gasteiger partial charge in [0, 0.05) is 41.8 Å². The van der Waals surface area contributed by atoms with Crippen molar-refractivity contribution in [2.45, 2.75) is 18.1 Å². The summed E-state index contributed by atoms with van der Waals surface area (Å²) in [5.74, 6) is -0.261. The van der Waals surface area contributed by atoms with Crippen molar-refractivity contribution in [3.63, 3.8) is 0 Å². The number of halogens is 2. The maximum absolute atomic E-state index is 13.5. The lowest BCUT2D eigenvalue weighted by Crippen LogP contribution is -2.42. The van der Waals surface area contributed by atoms with Crippen LogP contribution < -0.4 is 19.4 Å². The Balaban J connectivity index is 1.42. The first-order valence-electron chi connectivity index (χ1n) is 11.4. The first kappa shape index (κ1) is 25.3. The minimum Gasteiger partial charge on any atom is -0.480 e. The number of hydrogen-bond acceptors (Lipinski definition) is 7. The average Bonchev–Trinajstić information content (AvgIpc) is 3.47. The summed E-state index contributed by atoms with van der Waals surface area (Å²) in [7, 11) is -4.15. The highest BCUT2D eigenvalue weighted by Crippen LogP contribution is 2.38. The van der Waals surface area contributed by atoms with E-state index >= 15 is 0 Å². The molecule has 0 radical (unpaired) electrons. The fraction of sp³-hybridized carbons (Fsp3) is 0.304. The average molecular weight is 565 g/mol. The lowest BCUT2D eigenvalue weighted by molar-refractivity contribution is -0.135. The van der Waals surface area contributed by atoms with E-state index in [0.717, 1.165) is 15.6 Å².